The first-order chi connectivity index (χ1) is 9.34. The third kappa shape index (κ3) is 2.74. The molecular weight excluding hydrogens is 346 g/mol. The molecular formula is C12H6BrF4NO2. The first-order valence-electron chi connectivity index (χ1n) is 5.26. The molecule has 20 heavy (non-hydrogen) atoms. The van der Waals surface area contributed by atoms with Crippen molar-refractivity contribution in [2.24, 2.45) is 0 Å². The predicted molar refractivity (Wildman–Crippen MR) is 65.0 cm³/mol. The summed E-state index contributed by atoms with van der Waals surface area (Å²) in [4.78, 5) is 11.7. The number of benzene rings is 1. The Bertz CT molecular complexity index is 651. The van der Waals surface area contributed by atoms with Gasteiger partial charge in [0.15, 0.2) is 5.78 Å². The molecule has 0 atom stereocenters. The highest BCUT2D eigenvalue weighted by Crippen LogP contribution is 2.37. The van der Waals surface area contributed by atoms with Gasteiger partial charge >= 0.3 is 6.18 Å². The summed E-state index contributed by atoms with van der Waals surface area (Å²) >= 11 is 2.80. The molecule has 8 heteroatoms. The molecule has 2 rings (SSSR count). The van der Waals surface area contributed by atoms with Gasteiger partial charge in [-0.3, -0.25) is 4.79 Å². The number of aromatic nitrogens is 1. The molecule has 0 aliphatic rings. The number of hydrogen-bond donors (Lipinski definition) is 0. The minimum Gasteiger partial charge on any atom is -0.350 e. The van der Waals surface area contributed by atoms with Gasteiger partial charge in [-0.25, -0.2) is 4.39 Å². The van der Waals surface area contributed by atoms with Crippen LogP contribution in [0, 0.1) is 5.82 Å². The zero-order valence-electron chi connectivity index (χ0n) is 9.67. The molecule has 0 saturated heterocycles. The summed E-state index contributed by atoms with van der Waals surface area (Å²) in [5, 5.41) is 2.93. The van der Waals surface area contributed by atoms with E-state index < -0.39 is 29.1 Å². The fourth-order valence-corrected chi connectivity index (χ4v) is 1.92. The summed E-state index contributed by atoms with van der Waals surface area (Å²) in [6.45, 7) is 0. The van der Waals surface area contributed by atoms with E-state index in [1.807, 2.05) is 0 Å². The first-order valence-corrected chi connectivity index (χ1v) is 6.38. The van der Waals surface area contributed by atoms with Gasteiger partial charge in [0.1, 0.15) is 11.5 Å². The maximum absolute atomic E-state index is 13.1. The van der Waals surface area contributed by atoms with E-state index in [1.165, 1.54) is 12.1 Å². The molecule has 0 radical (unpaired) electrons. The van der Waals surface area contributed by atoms with Crippen LogP contribution >= 0.6 is 15.9 Å². The molecule has 2 aromatic rings. The van der Waals surface area contributed by atoms with Gasteiger partial charge in [-0.05, 0) is 12.1 Å². The fraction of sp³-hybridized carbons (Fsp3) is 0.167. The number of rotatable bonds is 3. The Morgan fingerprint density at radius 2 is 2.05 bits per heavy atom. The van der Waals surface area contributed by atoms with Crippen molar-refractivity contribution in [3.05, 3.63) is 41.4 Å². The van der Waals surface area contributed by atoms with E-state index in [2.05, 4.69) is 25.6 Å². The van der Waals surface area contributed by atoms with Crippen molar-refractivity contribution < 1.29 is 26.9 Å². The Kier molecular flexibility index (Phi) is 3.94. The van der Waals surface area contributed by atoms with Gasteiger partial charge in [-0.2, -0.15) is 13.2 Å². The zero-order chi connectivity index (χ0) is 14.9. The molecule has 0 fully saturated rings. The van der Waals surface area contributed by atoms with Gasteiger partial charge in [0.25, 0.3) is 5.76 Å². The van der Waals surface area contributed by atoms with Gasteiger partial charge in [-0.15, -0.1) is 0 Å². The molecule has 106 valence electrons. The van der Waals surface area contributed by atoms with Crippen molar-refractivity contribution >= 4 is 21.7 Å². The summed E-state index contributed by atoms with van der Waals surface area (Å²) in [6, 6.07) is 4.74. The van der Waals surface area contributed by atoms with E-state index in [0.29, 0.717) is 0 Å². The van der Waals surface area contributed by atoms with Crippen LogP contribution in [-0.4, -0.2) is 16.3 Å². The van der Waals surface area contributed by atoms with Crippen molar-refractivity contribution in [2.45, 2.75) is 6.18 Å². The van der Waals surface area contributed by atoms with Gasteiger partial charge in [0, 0.05) is 5.56 Å². The molecule has 0 saturated carbocycles. The van der Waals surface area contributed by atoms with Gasteiger partial charge in [0.05, 0.1) is 10.9 Å². The highest BCUT2D eigenvalue weighted by atomic mass is 79.9. The van der Waals surface area contributed by atoms with Gasteiger partial charge in [-0.1, -0.05) is 33.2 Å². The van der Waals surface area contributed by atoms with Crippen LogP contribution in [0.3, 0.4) is 0 Å². The first kappa shape index (κ1) is 14.7. The largest absolute Gasteiger partial charge is 0.453 e. The lowest BCUT2D eigenvalue weighted by molar-refractivity contribution is -0.155. The molecule has 0 aliphatic heterocycles. The minimum atomic E-state index is -4.86. The molecule has 0 N–H and O–H groups in total. The predicted octanol–water partition coefficient (Wildman–Crippen LogP) is 4.08. The number of carbonyl (C=O) groups excluding carboxylic acids is 1. The molecule has 0 spiro atoms. The average Bonchev–Trinajstić information content (AvgIpc) is 2.82. The summed E-state index contributed by atoms with van der Waals surface area (Å²) in [5.41, 5.74) is -1.00. The SMILES string of the molecule is O=C(CBr)c1c(-c2cccc(F)c2)noc1C(F)(F)F. The number of carbonyl (C=O) groups is 1. The standard InChI is InChI=1S/C12H6BrF4NO2/c13-5-8(19)9-10(6-2-1-3-7(14)4-6)18-20-11(9)12(15,16)17/h1-4H,5H2. The van der Waals surface area contributed by atoms with E-state index in [9.17, 15) is 22.4 Å². The third-order valence-corrected chi connectivity index (χ3v) is 2.96. The second-order valence-corrected chi connectivity index (χ2v) is 4.36. The Morgan fingerprint density at radius 3 is 2.60 bits per heavy atom. The minimum absolute atomic E-state index is 0.0357. The molecule has 1 aromatic carbocycles. The summed E-state index contributed by atoms with van der Waals surface area (Å²) < 4.78 is 55.7. The molecule has 1 heterocycles. The van der Waals surface area contributed by atoms with E-state index in [4.69, 9.17) is 0 Å². The number of hydrogen-bond acceptors (Lipinski definition) is 3. The summed E-state index contributed by atoms with van der Waals surface area (Å²) in [5.74, 6) is -2.99. The lowest BCUT2D eigenvalue weighted by Crippen LogP contribution is -2.12. The van der Waals surface area contributed by atoms with Crippen LogP contribution in [0.2, 0.25) is 0 Å². The van der Waals surface area contributed by atoms with E-state index in [-0.39, 0.29) is 16.6 Å². The van der Waals surface area contributed by atoms with Crippen molar-refractivity contribution in [1.82, 2.24) is 5.16 Å². The van der Waals surface area contributed by atoms with Crippen LogP contribution < -0.4 is 0 Å². The zero-order valence-corrected chi connectivity index (χ0v) is 11.3. The Hall–Kier alpha value is -1.70. The van der Waals surface area contributed by atoms with Crippen LogP contribution in [-0.2, 0) is 6.18 Å². The second-order valence-electron chi connectivity index (χ2n) is 3.80. The average molecular weight is 352 g/mol. The van der Waals surface area contributed by atoms with Gasteiger partial charge < -0.3 is 4.52 Å². The van der Waals surface area contributed by atoms with E-state index in [1.54, 1.807) is 0 Å². The smallest absolute Gasteiger partial charge is 0.350 e. The summed E-state index contributed by atoms with van der Waals surface area (Å²) in [7, 11) is 0. The van der Waals surface area contributed by atoms with Crippen LogP contribution in [0.4, 0.5) is 17.6 Å². The monoisotopic (exact) mass is 351 g/mol. The lowest BCUT2D eigenvalue weighted by Gasteiger charge is -2.04. The Morgan fingerprint density at radius 1 is 1.35 bits per heavy atom. The van der Waals surface area contributed by atoms with Crippen LogP contribution in [0.1, 0.15) is 16.1 Å². The van der Waals surface area contributed by atoms with Crippen molar-refractivity contribution in [2.75, 3.05) is 5.33 Å². The summed E-state index contributed by atoms with van der Waals surface area (Å²) in [6.07, 6.45) is -4.86. The molecule has 1 aromatic heterocycles. The number of nitrogens with zero attached hydrogens (tertiary/aromatic N) is 1. The Balaban J connectivity index is 2.66. The van der Waals surface area contributed by atoms with E-state index >= 15 is 0 Å². The number of halogens is 5. The Labute approximate surface area is 118 Å². The number of alkyl halides is 4. The topological polar surface area (TPSA) is 43.1 Å². The number of ketones is 1. The number of Topliss-reactive ketones (excluding diaryl/α,β-unsaturated/α-hetero) is 1. The molecule has 0 aliphatic carbocycles. The molecule has 0 unspecified atom stereocenters. The van der Waals surface area contributed by atoms with Crippen molar-refractivity contribution in [1.29, 1.82) is 0 Å². The molecule has 3 nitrogen and oxygen atoms in total. The normalized spacial score (nSPS) is 11.7. The fourth-order valence-electron chi connectivity index (χ4n) is 1.64. The van der Waals surface area contributed by atoms with Crippen LogP contribution in [0.15, 0.2) is 28.8 Å². The highest BCUT2D eigenvalue weighted by molar-refractivity contribution is 9.09. The maximum Gasteiger partial charge on any atom is 0.453 e. The van der Waals surface area contributed by atoms with Crippen LogP contribution in [0.5, 0.6) is 0 Å². The molecule has 0 amide bonds. The lowest BCUT2D eigenvalue weighted by atomic mass is 10.0. The van der Waals surface area contributed by atoms with Gasteiger partial charge in [0.2, 0.25) is 0 Å². The van der Waals surface area contributed by atoms with Crippen molar-refractivity contribution in [3.8, 4) is 11.3 Å². The van der Waals surface area contributed by atoms with Crippen LogP contribution in [0.25, 0.3) is 11.3 Å². The maximum atomic E-state index is 13.1. The van der Waals surface area contributed by atoms with Crippen molar-refractivity contribution in [3.63, 3.8) is 0 Å². The quantitative estimate of drug-likeness (QED) is 0.475. The second kappa shape index (κ2) is 5.35. The third-order valence-electron chi connectivity index (χ3n) is 2.45. The molecule has 0 bridgehead atoms. The van der Waals surface area contributed by atoms with E-state index in [0.717, 1.165) is 12.1 Å². The highest BCUT2D eigenvalue weighted by Gasteiger charge is 2.42.